The standard InChI is InChI=1S/C13H12ClNO4/c14-8-5-6-9(13(18)19)10(7-8)15-11(16)3-1-2-4-12(15)17/h5-7H,1-4H2,(H,18,19). The van der Waals surface area contributed by atoms with Gasteiger partial charge in [-0.25, -0.2) is 9.69 Å². The predicted octanol–water partition coefficient (Wildman–Crippen LogP) is 2.47. The van der Waals surface area contributed by atoms with Crippen LogP contribution in [0.4, 0.5) is 5.69 Å². The summed E-state index contributed by atoms with van der Waals surface area (Å²) in [6.45, 7) is 0. The van der Waals surface area contributed by atoms with E-state index in [1.165, 1.54) is 18.2 Å². The maximum Gasteiger partial charge on any atom is 0.337 e. The molecule has 0 radical (unpaired) electrons. The predicted molar refractivity (Wildman–Crippen MR) is 69.4 cm³/mol. The Morgan fingerprint density at radius 1 is 1.16 bits per heavy atom. The van der Waals surface area contributed by atoms with Gasteiger partial charge in [0.2, 0.25) is 11.8 Å². The lowest BCUT2D eigenvalue weighted by atomic mass is 10.1. The number of hydrogen-bond donors (Lipinski definition) is 1. The third kappa shape index (κ3) is 2.76. The Morgan fingerprint density at radius 2 is 1.74 bits per heavy atom. The van der Waals surface area contributed by atoms with Crippen LogP contribution in [0, 0.1) is 0 Å². The van der Waals surface area contributed by atoms with Gasteiger partial charge in [0.25, 0.3) is 0 Å². The number of imide groups is 1. The van der Waals surface area contributed by atoms with E-state index >= 15 is 0 Å². The summed E-state index contributed by atoms with van der Waals surface area (Å²) >= 11 is 5.83. The van der Waals surface area contributed by atoms with Crippen molar-refractivity contribution in [2.24, 2.45) is 0 Å². The maximum absolute atomic E-state index is 12.0. The van der Waals surface area contributed by atoms with Crippen molar-refractivity contribution in [3.8, 4) is 0 Å². The van der Waals surface area contributed by atoms with Crippen LogP contribution in [-0.4, -0.2) is 22.9 Å². The third-order valence-corrected chi connectivity index (χ3v) is 3.20. The molecule has 1 aliphatic heterocycles. The first kappa shape index (κ1) is 13.5. The molecule has 1 fully saturated rings. The normalized spacial score (nSPS) is 16.4. The van der Waals surface area contributed by atoms with Gasteiger partial charge in [0.05, 0.1) is 11.3 Å². The number of carbonyl (C=O) groups is 3. The highest BCUT2D eigenvalue weighted by atomic mass is 35.5. The smallest absolute Gasteiger partial charge is 0.337 e. The fraction of sp³-hybridized carbons (Fsp3) is 0.308. The average molecular weight is 282 g/mol. The van der Waals surface area contributed by atoms with E-state index < -0.39 is 5.97 Å². The van der Waals surface area contributed by atoms with Gasteiger partial charge in [-0.1, -0.05) is 11.6 Å². The number of aromatic carboxylic acids is 1. The number of nitrogens with zero attached hydrogens (tertiary/aromatic N) is 1. The number of amides is 2. The van der Waals surface area contributed by atoms with Crippen molar-refractivity contribution in [1.29, 1.82) is 0 Å². The van der Waals surface area contributed by atoms with Crippen molar-refractivity contribution in [3.05, 3.63) is 28.8 Å². The number of carboxylic acids is 1. The molecule has 0 aliphatic carbocycles. The topological polar surface area (TPSA) is 74.7 Å². The zero-order chi connectivity index (χ0) is 14.0. The molecule has 1 aromatic carbocycles. The van der Waals surface area contributed by atoms with Crippen LogP contribution in [-0.2, 0) is 9.59 Å². The van der Waals surface area contributed by atoms with Crippen molar-refractivity contribution in [3.63, 3.8) is 0 Å². The van der Waals surface area contributed by atoms with E-state index in [0.717, 1.165) is 4.90 Å². The highest BCUT2D eigenvalue weighted by Gasteiger charge is 2.29. The first-order chi connectivity index (χ1) is 9.00. The van der Waals surface area contributed by atoms with Crippen molar-refractivity contribution in [2.75, 3.05) is 4.90 Å². The number of benzene rings is 1. The lowest BCUT2D eigenvalue weighted by molar-refractivity contribution is -0.125. The number of rotatable bonds is 2. The molecule has 1 aliphatic rings. The lowest BCUT2D eigenvalue weighted by Gasteiger charge is -2.20. The van der Waals surface area contributed by atoms with Gasteiger partial charge in [-0.15, -0.1) is 0 Å². The Bertz CT molecular complexity index is 538. The van der Waals surface area contributed by atoms with Gasteiger partial charge in [-0.05, 0) is 31.0 Å². The van der Waals surface area contributed by atoms with E-state index in [-0.39, 0.29) is 40.9 Å². The minimum Gasteiger partial charge on any atom is -0.478 e. The van der Waals surface area contributed by atoms with E-state index in [1.54, 1.807) is 0 Å². The number of carboxylic acid groups (broad SMARTS) is 1. The molecule has 1 heterocycles. The molecular weight excluding hydrogens is 270 g/mol. The third-order valence-electron chi connectivity index (χ3n) is 2.96. The van der Waals surface area contributed by atoms with Crippen molar-refractivity contribution < 1.29 is 19.5 Å². The molecule has 2 rings (SSSR count). The highest BCUT2D eigenvalue weighted by Crippen LogP contribution is 2.28. The average Bonchev–Trinajstić information content (AvgIpc) is 2.50. The zero-order valence-electron chi connectivity index (χ0n) is 10.1. The summed E-state index contributed by atoms with van der Waals surface area (Å²) in [5, 5.41) is 9.42. The number of carbonyl (C=O) groups excluding carboxylic acids is 2. The summed E-state index contributed by atoms with van der Waals surface area (Å²) in [7, 11) is 0. The molecule has 2 amide bonds. The first-order valence-corrected chi connectivity index (χ1v) is 6.27. The highest BCUT2D eigenvalue weighted by molar-refractivity contribution is 6.31. The van der Waals surface area contributed by atoms with Gasteiger partial charge in [0, 0.05) is 17.9 Å². The van der Waals surface area contributed by atoms with E-state index in [9.17, 15) is 14.4 Å². The molecule has 0 aromatic heterocycles. The Morgan fingerprint density at radius 3 is 2.26 bits per heavy atom. The van der Waals surface area contributed by atoms with Crippen molar-refractivity contribution >= 4 is 35.1 Å². The molecule has 1 saturated heterocycles. The minimum atomic E-state index is -1.20. The van der Waals surface area contributed by atoms with Gasteiger partial charge < -0.3 is 5.11 Å². The molecular formula is C13H12ClNO4. The van der Waals surface area contributed by atoms with E-state index in [2.05, 4.69) is 0 Å². The Labute approximate surface area is 114 Å². The summed E-state index contributed by atoms with van der Waals surface area (Å²) in [6, 6.07) is 4.05. The number of anilines is 1. The van der Waals surface area contributed by atoms with E-state index in [0.29, 0.717) is 12.8 Å². The second kappa shape index (κ2) is 5.40. The van der Waals surface area contributed by atoms with Crippen molar-refractivity contribution in [2.45, 2.75) is 25.7 Å². The van der Waals surface area contributed by atoms with Gasteiger partial charge >= 0.3 is 5.97 Å². The lowest BCUT2D eigenvalue weighted by Crippen LogP contribution is -2.36. The van der Waals surface area contributed by atoms with Gasteiger partial charge in [0.1, 0.15) is 0 Å². The fourth-order valence-electron chi connectivity index (χ4n) is 2.05. The molecule has 0 unspecified atom stereocenters. The monoisotopic (exact) mass is 281 g/mol. The van der Waals surface area contributed by atoms with Crippen LogP contribution in [0.3, 0.4) is 0 Å². The Kier molecular flexibility index (Phi) is 3.85. The molecule has 0 atom stereocenters. The Balaban J connectivity index is 2.54. The van der Waals surface area contributed by atoms with Gasteiger partial charge in [-0.2, -0.15) is 0 Å². The SMILES string of the molecule is O=C(O)c1ccc(Cl)cc1N1C(=O)CCCCC1=O. The molecule has 0 bridgehead atoms. The molecule has 6 heteroatoms. The van der Waals surface area contributed by atoms with E-state index in [1.807, 2.05) is 0 Å². The van der Waals surface area contributed by atoms with Crippen LogP contribution < -0.4 is 4.90 Å². The maximum atomic E-state index is 12.0. The number of halogens is 1. The van der Waals surface area contributed by atoms with E-state index in [4.69, 9.17) is 16.7 Å². The molecule has 0 spiro atoms. The molecule has 1 aromatic rings. The molecule has 100 valence electrons. The second-order valence-corrected chi connectivity index (χ2v) is 4.73. The minimum absolute atomic E-state index is 0.0527. The summed E-state index contributed by atoms with van der Waals surface area (Å²) in [4.78, 5) is 36.1. The molecule has 1 N–H and O–H groups in total. The zero-order valence-corrected chi connectivity index (χ0v) is 10.8. The van der Waals surface area contributed by atoms with Gasteiger partial charge in [-0.3, -0.25) is 9.59 Å². The Hall–Kier alpha value is -1.88. The molecule has 5 nitrogen and oxygen atoms in total. The fourth-order valence-corrected chi connectivity index (χ4v) is 2.22. The quantitative estimate of drug-likeness (QED) is 0.845. The van der Waals surface area contributed by atoms with Crippen LogP contribution in [0.2, 0.25) is 5.02 Å². The molecule has 0 saturated carbocycles. The van der Waals surface area contributed by atoms with Gasteiger partial charge in [0.15, 0.2) is 0 Å². The van der Waals surface area contributed by atoms with Crippen LogP contribution in [0.5, 0.6) is 0 Å². The van der Waals surface area contributed by atoms with Crippen LogP contribution in [0.1, 0.15) is 36.0 Å². The summed E-state index contributed by atoms with van der Waals surface area (Å²) < 4.78 is 0. The van der Waals surface area contributed by atoms with Crippen LogP contribution >= 0.6 is 11.6 Å². The summed E-state index contributed by atoms with van der Waals surface area (Å²) in [6.07, 6.45) is 1.72. The first-order valence-electron chi connectivity index (χ1n) is 5.89. The molecule has 19 heavy (non-hydrogen) atoms. The largest absolute Gasteiger partial charge is 0.478 e. The summed E-state index contributed by atoms with van der Waals surface area (Å²) in [5.41, 5.74) is -0.0510. The second-order valence-electron chi connectivity index (χ2n) is 4.30. The number of hydrogen-bond acceptors (Lipinski definition) is 3. The summed E-state index contributed by atoms with van der Waals surface area (Å²) in [5.74, 6) is -1.96. The van der Waals surface area contributed by atoms with Crippen LogP contribution in [0.25, 0.3) is 0 Å². The van der Waals surface area contributed by atoms with Crippen LogP contribution in [0.15, 0.2) is 18.2 Å². The van der Waals surface area contributed by atoms with Crippen molar-refractivity contribution in [1.82, 2.24) is 0 Å².